The molecule has 5 heterocycles. The first-order chi connectivity index (χ1) is 54.6. The molecule has 0 atom stereocenters. The van der Waals surface area contributed by atoms with Crippen LogP contribution in [0.25, 0.3) is 207 Å². The monoisotopic (exact) mass is 1410 g/mol. The van der Waals surface area contributed by atoms with Crippen LogP contribution >= 0.6 is 11.3 Å². The Kier molecular flexibility index (Phi) is 14.0. The summed E-state index contributed by atoms with van der Waals surface area (Å²) in [6, 6.07) is 143. The molecule has 0 saturated carbocycles. The van der Waals surface area contributed by atoms with E-state index in [-0.39, 0.29) is 0 Å². The van der Waals surface area contributed by atoms with Gasteiger partial charge in [-0.15, -0.1) is 11.3 Å². The Hall–Kier alpha value is -14.1. The number of nitrogens with zero attached hydrogens (tertiary/aromatic N) is 4. The molecule has 0 bridgehead atoms. The third kappa shape index (κ3) is 9.64. The van der Waals surface area contributed by atoms with Gasteiger partial charge in [0.15, 0.2) is 0 Å². The summed E-state index contributed by atoms with van der Waals surface area (Å²) in [6.45, 7) is 0. The molecule has 18 aromatic carbocycles. The van der Waals surface area contributed by atoms with Crippen LogP contribution in [0.1, 0.15) is 11.1 Å². The fourth-order valence-electron chi connectivity index (χ4n) is 18.4. The Morgan fingerprint density at radius 1 is 0.209 bits per heavy atom. The van der Waals surface area contributed by atoms with Crippen molar-refractivity contribution in [3.63, 3.8) is 0 Å². The molecule has 5 aromatic heterocycles. The molecule has 0 spiro atoms. The van der Waals surface area contributed by atoms with Crippen molar-refractivity contribution in [1.29, 1.82) is 0 Å². The summed E-state index contributed by atoms with van der Waals surface area (Å²) in [7, 11) is 0. The van der Waals surface area contributed by atoms with Crippen LogP contribution in [0.2, 0.25) is 0 Å². The van der Waals surface area contributed by atoms with Gasteiger partial charge in [0, 0.05) is 85.4 Å². The SMILES string of the molecule is c1ccc(-c2ccc(-n3c4ccccc4c4cc(-c5ccc6c(c5)c5c7c(ccc5n6-c5cccc6ccccc56)Cc5ccccc5-7)ccc43)cc2)cc1.c1ccc(-c2ccc(-n3c4ccccc4c4cc(-c5ccc6c(c5)c5c7sc8ccccc8c7ccc5n6-c5cccc6ccccc56)ccc43)cc2)cc1. The molecule has 4 nitrogen and oxygen atoms in total. The van der Waals surface area contributed by atoms with Crippen molar-refractivity contribution < 1.29 is 0 Å². The van der Waals surface area contributed by atoms with Gasteiger partial charge in [0.05, 0.1) is 55.5 Å². The largest absolute Gasteiger partial charge is 0.309 e. The molecule has 0 radical (unpaired) electrons. The average Bonchev–Trinajstić information content (AvgIpc) is 1.56. The van der Waals surface area contributed by atoms with Gasteiger partial charge in [-0.05, 0) is 199 Å². The van der Waals surface area contributed by atoms with E-state index in [0.717, 1.165) is 17.8 Å². The number of hydrogen-bond acceptors (Lipinski definition) is 1. The highest BCUT2D eigenvalue weighted by Crippen LogP contribution is 2.50. The highest BCUT2D eigenvalue weighted by molar-refractivity contribution is 7.26. The van der Waals surface area contributed by atoms with Crippen molar-refractivity contribution in [3.05, 3.63) is 399 Å². The fraction of sp³-hybridized carbons (Fsp3) is 0.00952. The van der Waals surface area contributed by atoms with Gasteiger partial charge in [0.2, 0.25) is 0 Å². The molecule has 0 aliphatic heterocycles. The molecule has 512 valence electrons. The first kappa shape index (κ1) is 62.1. The minimum absolute atomic E-state index is 0.970. The Balaban J connectivity index is 0.000000132. The molecule has 0 saturated heterocycles. The Morgan fingerprint density at radius 2 is 0.591 bits per heavy atom. The topological polar surface area (TPSA) is 19.7 Å². The number of aromatic nitrogens is 4. The maximum absolute atomic E-state index is 2.50. The number of hydrogen-bond donors (Lipinski definition) is 0. The van der Waals surface area contributed by atoms with E-state index in [1.54, 1.807) is 0 Å². The predicted octanol–water partition coefficient (Wildman–Crippen LogP) is 28.7. The van der Waals surface area contributed by atoms with Gasteiger partial charge >= 0.3 is 0 Å². The molecular formula is C105H66N4S. The second kappa shape index (κ2) is 24.7. The van der Waals surface area contributed by atoms with E-state index in [4.69, 9.17) is 0 Å². The van der Waals surface area contributed by atoms with Gasteiger partial charge in [-0.25, -0.2) is 0 Å². The minimum Gasteiger partial charge on any atom is -0.309 e. The van der Waals surface area contributed by atoms with Gasteiger partial charge in [-0.1, -0.05) is 273 Å². The summed E-state index contributed by atoms with van der Waals surface area (Å²) >= 11 is 1.91. The summed E-state index contributed by atoms with van der Waals surface area (Å²) in [4.78, 5) is 0. The molecule has 1 aliphatic rings. The molecule has 0 fully saturated rings. The van der Waals surface area contributed by atoms with Crippen LogP contribution in [-0.4, -0.2) is 18.3 Å². The van der Waals surface area contributed by atoms with E-state index in [9.17, 15) is 0 Å². The summed E-state index contributed by atoms with van der Waals surface area (Å²) in [5.74, 6) is 0. The van der Waals surface area contributed by atoms with Crippen molar-refractivity contribution in [3.8, 4) is 78.4 Å². The second-order valence-electron chi connectivity index (χ2n) is 29.4. The quantitative estimate of drug-likeness (QED) is 0.144. The summed E-state index contributed by atoms with van der Waals surface area (Å²) < 4.78 is 12.5. The lowest BCUT2D eigenvalue weighted by molar-refractivity contribution is 1.18. The number of para-hydroxylation sites is 2. The van der Waals surface area contributed by atoms with Crippen molar-refractivity contribution in [2.24, 2.45) is 0 Å². The van der Waals surface area contributed by atoms with E-state index >= 15 is 0 Å². The van der Waals surface area contributed by atoms with Crippen LogP contribution in [0, 0.1) is 0 Å². The fourth-order valence-corrected chi connectivity index (χ4v) is 19.7. The Morgan fingerprint density at radius 3 is 1.14 bits per heavy atom. The van der Waals surface area contributed by atoms with Crippen LogP contribution in [0.15, 0.2) is 388 Å². The third-order valence-electron chi connectivity index (χ3n) is 23.4. The van der Waals surface area contributed by atoms with Crippen molar-refractivity contribution in [2.75, 3.05) is 0 Å². The van der Waals surface area contributed by atoms with Crippen LogP contribution in [0.5, 0.6) is 0 Å². The average molecular weight is 1420 g/mol. The first-order valence-corrected chi connectivity index (χ1v) is 38.8. The van der Waals surface area contributed by atoms with E-state index in [1.165, 1.54) is 207 Å². The summed E-state index contributed by atoms with van der Waals surface area (Å²) in [6.07, 6.45) is 0.970. The Bertz CT molecular complexity index is 7710. The molecule has 23 aromatic rings. The minimum atomic E-state index is 0.970. The predicted molar refractivity (Wildman–Crippen MR) is 468 cm³/mol. The van der Waals surface area contributed by atoms with E-state index in [0.29, 0.717) is 0 Å². The van der Waals surface area contributed by atoms with Crippen molar-refractivity contribution >= 4 is 140 Å². The number of rotatable bonds is 8. The van der Waals surface area contributed by atoms with Gasteiger partial charge in [-0.3, -0.25) is 0 Å². The zero-order chi connectivity index (χ0) is 72.1. The van der Waals surface area contributed by atoms with Crippen molar-refractivity contribution in [2.45, 2.75) is 6.42 Å². The van der Waals surface area contributed by atoms with Gasteiger partial charge in [0.25, 0.3) is 0 Å². The molecule has 0 unspecified atom stereocenters. The lowest BCUT2D eigenvalue weighted by atomic mass is 9.96. The smallest absolute Gasteiger partial charge is 0.0556 e. The lowest BCUT2D eigenvalue weighted by Gasteiger charge is -2.12. The molecule has 24 rings (SSSR count). The third-order valence-corrected chi connectivity index (χ3v) is 24.7. The number of thiophene rings is 1. The van der Waals surface area contributed by atoms with Gasteiger partial charge < -0.3 is 18.3 Å². The Labute approximate surface area is 638 Å². The van der Waals surface area contributed by atoms with E-state index in [1.807, 2.05) is 11.3 Å². The second-order valence-corrected chi connectivity index (χ2v) is 30.4. The number of fused-ring (bicyclic) bond motifs is 22. The molecule has 5 heteroatoms. The molecule has 1 aliphatic carbocycles. The normalized spacial score (nSPS) is 12.1. The van der Waals surface area contributed by atoms with E-state index in [2.05, 4.69) is 407 Å². The standard InChI is InChI=1S/C53H34N2.C52H32N2S/c1-2-11-34(12-3-1)35-21-26-41(27-22-35)54-48-19-9-8-18-44(48)45-32-37(23-28-49(45)54)38-24-29-50-46(33-38)53-51(30-25-40-31-39-14-5-7-17-43(39)52(40)53)55(50)47-20-10-15-36-13-4-6-16-42(36)47;1-2-11-33(12-3-1)34-21-25-38(26-22-34)53-46-18-8-6-16-40(46)43-31-36(23-28-47(43)53)37-24-29-48-44(32-37)51-49(30-27-42-41-17-7-9-20-50(41)55-52(42)51)54(48)45-19-10-14-35-13-4-5-15-39(35)45/h1-30,32-33H,31H2;1-32H. The zero-order valence-electron chi connectivity index (χ0n) is 59.9. The maximum atomic E-state index is 2.50. The molecule has 0 N–H and O–H groups in total. The van der Waals surface area contributed by atoms with Crippen LogP contribution in [0.4, 0.5) is 0 Å². The van der Waals surface area contributed by atoms with Gasteiger partial charge in [-0.2, -0.15) is 0 Å². The zero-order valence-corrected chi connectivity index (χ0v) is 60.7. The van der Waals surface area contributed by atoms with Crippen molar-refractivity contribution in [1.82, 2.24) is 18.3 Å². The maximum Gasteiger partial charge on any atom is 0.0556 e. The molecule has 0 amide bonds. The summed E-state index contributed by atoms with van der Waals surface area (Å²) in [5.41, 5.74) is 29.8. The van der Waals surface area contributed by atoms with Crippen LogP contribution in [-0.2, 0) is 6.42 Å². The van der Waals surface area contributed by atoms with Crippen LogP contribution in [0.3, 0.4) is 0 Å². The lowest BCUT2D eigenvalue weighted by Crippen LogP contribution is -1.95. The van der Waals surface area contributed by atoms with Crippen LogP contribution < -0.4 is 0 Å². The highest BCUT2D eigenvalue weighted by atomic mass is 32.1. The van der Waals surface area contributed by atoms with E-state index < -0.39 is 0 Å². The van der Waals surface area contributed by atoms with Gasteiger partial charge in [0.1, 0.15) is 0 Å². The molecule has 110 heavy (non-hydrogen) atoms. The number of benzene rings is 18. The molecular weight excluding hydrogens is 1350 g/mol. The first-order valence-electron chi connectivity index (χ1n) is 38.0. The highest BCUT2D eigenvalue weighted by Gasteiger charge is 2.27. The summed E-state index contributed by atoms with van der Waals surface area (Å²) in [5, 5.41) is 17.9.